The van der Waals surface area contributed by atoms with Gasteiger partial charge < -0.3 is 10.1 Å². The molecule has 0 aliphatic rings. The highest BCUT2D eigenvalue weighted by Gasteiger charge is 2.15. The van der Waals surface area contributed by atoms with Gasteiger partial charge in [-0.3, -0.25) is 0 Å². The van der Waals surface area contributed by atoms with Crippen molar-refractivity contribution >= 4 is 5.69 Å². The third kappa shape index (κ3) is 4.13. The first kappa shape index (κ1) is 12.9. The van der Waals surface area contributed by atoms with Gasteiger partial charge in [0.2, 0.25) is 0 Å². The third-order valence-corrected chi connectivity index (χ3v) is 2.50. The fourth-order valence-corrected chi connectivity index (χ4v) is 1.91. The lowest BCUT2D eigenvalue weighted by Crippen LogP contribution is -2.30. The minimum absolute atomic E-state index is 0.138. The van der Waals surface area contributed by atoms with E-state index in [0.717, 1.165) is 17.9 Å². The van der Waals surface area contributed by atoms with Crippen LogP contribution < -0.4 is 10.1 Å². The zero-order valence-corrected chi connectivity index (χ0v) is 10.8. The summed E-state index contributed by atoms with van der Waals surface area (Å²) in [5, 5.41) is 3.54. The number of benzene rings is 1. The second-order valence-electron chi connectivity index (χ2n) is 4.72. The van der Waals surface area contributed by atoms with Crippen LogP contribution in [0.15, 0.2) is 24.3 Å². The van der Waals surface area contributed by atoms with Gasteiger partial charge in [0.1, 0.15) is 5.75 Å². The van der Waals surface area contributed by atoms with Crippen molar-refractivity contribution in [3.63, 3.8) is 0 Å². The summed E-state index contributed by atoms with van der Waals surface area (Å²) in [7, 11) is 0. The molecule has 0 aliphatic heterocycles. The van der Waals surface area contributed by atoms with Gasteiger partial charge in [0.25, 0.3) is 0 Å². The second kappa shape index (κ2) is 5.78. The van der Waals surface area contributed by atoms with E-state index in [0.29, 0.717) is 6.61 Å². The van der Waals surface area contributed by atoms with Gasteiger partial charge in [0, 0.05) is 17.3 Å². The predicted molar refractivity (Wildman–Crippen MR) is 70.2 cm³/mol. The van der Waals surface area contributed by atoms with Crippen molar-refractivity contribution in [1.29, 1.82) is 0 Å². The highest BCUT2D eigenvalue weighted by molar-refractivity contribution is 5.49. The zero-order chi connectivity index (χ0) is 12.0. The van der Waals surface area contributed by atoms with Gasteiger partial charge >= 0.3 is 0 Å². The van der Waals surface area contributed by atoms with Gasteiger partial charge in [-0.2, -0.15) is 0 Å². The number of hydrogen-bond acceptors (Lipinski definition) is 2. The van der Waals surface area contributed by atoms with Crippen molar-refractivity contribution in [3.8, 4) is 5.75 Å². The Balaban J connectivity index is 2.69. The highest BCUT2D eigenvalue weighted by atomic mass is 16.5. The monoisotopic (exact) mass is 221 g/mol. The second-order valence-corrected chi connectivity index (χ2v) is 4.72. The van der Waals surface area contributed by atoms with E-state index in [1.165, 1.54) is 6.42 Å². The van der Waals surface area contributed by atoms with Crippen LogP contribution in [0.1, 0.15) is 40.5 Å². The molecule has 0 heterocycles. The molecule has 1 aromatic rings. The average molecular weight is 221 g/mol. The maximum absolute atomic E-state index is 5.48. The Kier molecular flexibility index (Phi) is 4.66. The summed E-state index contributed by atoms with van der Waals surface area (Å²) in [5.41, 5.74) is 1.27. The number of nitrogens with one attached hydrogen (secondary N) is 1. The van der Waals surface area contributed by atoms with Crippen LogP contribution in [0.2, 0.25) is 0 Å². The molecule has 0 spiro atoms. The Labute approximate surface area is 99.0 Å². The van der Waals surface area contributed by atoms with Gasteiger partial charge in [0.15, 0.2) is 0 Å². The van der Waals surface area contributed by atoms with Crippen LogP contribution in [0.3, 0.4) is 0 Å². The molecule has 1 aromatic carbocycles. The molecule has 0 saturated carbocycles. The standard InChI is InChI=1S/C14H23NO/c1-5-10-14(3,4)15-12-8-7-9-13(11-12)16-6-2/h7-9,11,15H,5-6,10H2,1-4H3. The molecule has 90 valence electrons. The summed E-state index contributed by atoms with van der Waals surface area (Å²) in [6.45, 7) is 9.37. The Bertz CT molecular complexity index is 320. The SMILES string of the molecule is CCCC(C)(C)Nc1cccc(OCC)c1. The van der Waals surface area contributed by atoms with Crippen molar-refractivity contribution in [2.24, 2.45) is 0 Å². The minimum atomic E-state index is 0.138. The average Bonchev–Trinajstić information content (AvgIpc) is 2.17. The molecule has 1 rings (SSSR count). The normalized spacial score (nSPS) is 11.2. The Morgan fingerprint density at radius 2 is 2.00 bits per heavy atom. The van der Waals surface area contributed by atoms with Crippen LogP contribution in [0.4, 0.5) is 5.69 Å². The van der Waals surface area contributed by atoms with Gasteiger partial charge in [-0.15, -0.1) is 0 Å². The van der Waals surface area contributed by atoms with Crippen LogP contribution in [-0.2, 0) is 0 Å². The van der Waals surface area contributed by atoms with E-state index in [9.17, 15) is 0 Å². The molecule has 0 aromatic heterocycles. The maximum atomic E-state index is 5.48. The maximum Gasteiger partial charge on any atom is 0.121 e. The van der Waals surface area contributed by atoms with Crippen LogP contribution in [0.25, 0.3) is 0 Å². The van der Waals surface area contributed by atoms with E-state index in [4.69, 9.17) is 4.74 Å². The van der Waals surface area contributed by atoms with E-state index in [1.807, 2.05) is 19.1 Å². The predicted octanol–water partition coefficient (Wildman–Crippen LogP) is 4.08. The fraction of sp³-hybridized carbons (Fsp3) is 0.571. The fourth-order valence-electron chi connectivity index (χ4n) is 1.91. The van der Waals surface area contributed by atoms with Crippen molar-refractivity contribution in [1.82, 2.24) is 0 Å². The summed E-state index contributed by atoms with van der Waals surface area (Å²) in [5.74, 6) is 0.930. The van der Waals surface area contributed by atoms with Crippen molar-refractivity contribution < 1.29 is 4.74 Å². The van der Waals surface area contributed by atoms with Gasteiger partial charge in [0.05, 0.1) is 6.61 Å². The van der Waals surface area contributed by atoms with Crippen molar-refractivity contribution in [2.45, 2.75) is 46.1 Å². The van der Waals surface area contributed by atoms with Crippen molar-refractivity contribution in [2.75, 3.05) is 11.9 Å². The van der Waals surface area contributed by atoms with E-state index in [2.05, 4.69) is 38.2 Å². The molecule has 0 aliphatic carbocycles. The smallest absolute Gasteiger partial charge is 0.121 e. The van der Waals surface area contributed by atoms with Crippen LogP contribution in [-0.4, -0.2) is 12.1 Å². The third-order valence-electron chi connectivity index (χ3n) is 2.50. The van der Waals surface area contributed by atoms with Gasteiger partial charge in [-0.1, -0.05) is 19.4 Å². The number of ether oxygens (including phenoxy) is 1. The summed E-state index contributed by atoms with van der Waals surface area (Å²) in [6, 6.07) is 8.15. The van der Waals surface area contributed by atoms with E-state index in [1.54, 1.807) is 0 Å². The summed E-state index contributed by atoms with van der Waals surface area (Å²) < 4.78 is 5.48. The van der Waals surface area contributed by atoms with E-state index in [-0.39, 0.29) is 5.54 Å². The number of hydrogen-bond donors (Lipinski definition) is 1. The Morgan fingerprint density at radius 1 is 1.25 bits per heavy atom. The molecular weight excluding hydrogens is 198 g/mol. The number of anilines is 1. The van der Waals surface area contributed by atoms with Crippen LogP contribution in [0.5, 0.6) is 5.75 Å². The molecule has 0 saturated heterocycles. The zero-order valence-electron chi connectivity index (χ0n) is 10.8. The first-order valence-electron chi connectivity index (χ1n) is 6.08. The molecule has 16 heavy (non-hydrogen) atoms. The summed E-state index contributed by atoms with van der Waals surface area (Å²) >= 11 is 0. The molecule has 1 N–H and O–H groups in total. The molecule has 2 nitrogen and oxygen atoms in total. The molecule has 0 fully saturated rings. The Hall–Kier alpha value is -1.18. The largest absolute Gasteiger partial charge is 0.494 e. The first-order valence-corrected chi connectivity index (χ1v) is 6.08. The minimum Gasteiger partial charge on any atom is -0.494 e. The molecule has 0 bridgehead atoms. The molecular formula is C14H23NO. The highest BCUT2D eigenvalue weighted by Crippen LogP contribution is 2.23. The topological polar surface area (TPSA) is 21.3 Å². The molecule has 0 amide bonds. The molecule has 0 radical (unpaired) electrons. The van der Waals surface area contributed by atoms with Crippen LogP contribution >= 0.6 is 0 Å². The number of rotatable bonds is 6. The van der Waals surface area contributed by atoms with Gasteiger partial charge in [-0.05, 0) is 39.3 Å². The van der Waals surface area contributed by atoms with E-state index < -0.39 is 0 Å². The molecule has 2 heteroatoms. The van der Waals surface area contributed by atoms with Gasteiger partial charge in [-0.25, -0.2) is 0 Å². The molecule has 0 unspecified atom stereocenters. The van der Waals surface area contributed by atoms with Crippen LogP contribution in [0, 0.1) is 0 Å². The summed E-state index contributed by atoms with van der Waals surface area (Å²) in [6.07, 6.45) is 2.34. The van der Waals surface area contributed by atoms with E-state index >= 15 is 0 Å². The quantitative estimate of drug-likeness (QED) is 0.781. The lowest BCUT2D eigenvalue weighted by atomic mass is 9.98. The molecule has 0 atom stereocenters. The Morgan fingerprint density at radius 3 is 2.62 bits per heavy atom. The summed E-state index contributed by atoms with van der Waals surface area (Å²) in [4.78, 5) is 0. The lowest BCUT2D eigenvalue weighted by Gasteiger charge is -2.27. The van der Waals surface area contributed by atoms with Crippen molar-refractivity contribution in [3.05, 3.63) is 24.3 Å². The lowest BCUT2D eigenvalue weighted by molar-refractivity contribution is 0.340. The first-order chi connectivity index (χ1) is 7.57.